The number of nitrogens with zero attached hydrogens (tertiary/aromatic N) is 2. The highest BCUT2D eigenvalue weighted by Crippen LogP contribution is 2.43. The highest BCUT2D eigenvalue weighted by Gasteiger charge is 2.25. The molecular formula is C22H17N3O5S2. The predicted molar refractivity (Wildman–Crippen MR) is 125 cm³/mol. The fourth-order valence-corrected chi connectivity index (χ4v) is 5.38. The lowest BCUT2D eigenvalue weighted by molar-refractivity contribution is -0.384. The maximum absolute atomic E-state index is 12.9. The molecule has 0 atom stereocenters. The first kappa shape index (κ1) is 21.6. The molecule has 4 rings (SSSR count). The maximum Gasteiger partial charge on any atom is 0.348 e. The number of carbonyl (C=O) groups excluding carboxylic acids is 2. The molecule has 0 bridgehead atoms. The number of thiazole rings is 1. The third-order valence-corrected chi connectivity index (χ3v) is 6.92. The largest absolute Gasteiger partial charge is 0.462 e. The Kier molecular flexibility index (Phi) is 5.97. The Morgan fingerprint density at radius 1 is 1.12 bits per heavy atom. The van der Waals surface area contributed by atoms with E-state index >= 15 is 0 Å². The third-order valence-electron chi connectivity index (χ3n) is 4.68. The number of amides is 1. The number of nitro groups is 1. The molecule has 2 heterocycles. The summed E-state index contributed by atoms with van der Waals surface area (Å²) >= 11 is 2.58. The number of aromatic nitrogens is 1. The zero-order valence-electron chi connectivity index (χ0n) is 17.1. The van der Waals surface area contributed by atoms with Gasteiger partial charge in [-0.15, -0.1) is 22.7 Å². The predicted octanol–water partition coefficient (Wildman–Crippen LogP) is 5.67. The lowest BCUT2D eigenvalue weighted by Crippen LogP contribution is -2.11. The number of rotatable bonds is 6. The van der Waals surface area contributed by atoms with Gasteiger partial charge in [0.2, 0.25) is 0 Å². The van der Waals surface area contributed by atoms with Crippen LogP contribution in [0.15, 0.2) is 48.5 Å². The standard InChI is InChI=1S/C22H17N3O5S2/c1-3-30-22(27)18-12(2)17(20-23-15-6-4-5-7-16(15)31-20)21(32-18)24-19(26)13-8-10-14(11-9-13)25(28)29/h4-11H,3H2,1-2H3,(H,24,26). The number of nitro benzene ring substituents is 1. The van der Waals surface area contributed by atoms with E-state index in [9.17, 15) is 19.7 Å². The van der Waals surface area contributed by atoms with Gasteiger partial charge in [-0.2, -0.15) is 0 Å². The Labute approximate surface area is 190 Å². The topological polar surface area (TPSA) is 111 Å². The van der Waals surface area contributed by atoms with E-state index in [0.29, 0.717) is 26.0 Å². The van der Waals surface area contributed by atoms with Crippen molar-refractivity contribution >= 4 is 55.5 Å². The van der Waals surface area contributed by atoms with Gasteiger partial charge in [0, 0.05) is 23.3 Å². The number of para-hydroxylation sites is 1. The lowest BCUT2D eigenvalue weighted by Gasteiger charge is -2.06. The number of hydrogen-bond acceptors (Lipinski definition) is 8. The highest BCUT2D eigenvalue weighted by atomic mass is 32.1. The molecule has 0 radical (unpaired) electrons. The number of thiophene rings is 1. The summed E-state index contributed by atoms with van der Waals surface area (Å²) < 4.78 is 6.16. The van der Waals surface area contributed by atoms with Gasteiger partial charge in [-0.1, -0.05) is 12.1 Å². The smallest absolute Gasteiger partial charge is 0.348 e. The van der Waals surface area contributed by atoms with E-state index in [2.05, 4.69) is 10.3 Å². The molecule has 1 N–H and O–H groups in total. The van der Waals surface area contributed by atoms with Gasteiger partial charge >= 0.3 is 5.97 Å². The van der Waals surface area contributed by atoms with E-state index < -0.39 is 16.8 Å². The van der Waals surface area contributed by atoms with E-state index in [0.717, 1.165) is 21.6 Å². The van der Waals surface area contributed by atoms with Crippen molar-refractivity contribution in [1.29, 1.82) is 0 Å². The minimum Gasteiger partial charge on any atom is -0.462 e. The summed E-state index contributed by atoms with van der Waals surface area (Å²) in [5, 5.41) is 14.8. The van der Waals surface area contributed by atoms with Gasteiger partial charge in [-0.05, 0) is 43.7 Å². The van der Waals surface area contributed by atoms with Crippen molar-refractivity contribution in [2.45, 2.75) is 13.8 Å². The molecule has 0 spiro atoms. The summed E-state index contributed by atoms with van der Waals surface area (Å²) in [6.07, 6.45) is 0. The van der Waals surface area contributed by atoms with Gasteiger partial charge in [-0.3, -0.25) is 14.9 Å². The molecule has 2 aromatic carbocycles. The van der Waals surface area contributed by atoms with Crippen molar-refractivity contribution in [3.8, 4) is 10.6 Å². The minimum atomic E-state index is -0.527. The number of hydrogen-bond donors (Lipinski definition) is 1. The Morgan fingerprint density at radius 2 is 1.84 bits per heavy atom. The highest BCUT2D eigenvalue weighted by molar-refractivity contribution is 7.23. The quantitative estimate of drug-likeness (QED) is 0.222. The minimum absolute atomic E-state index is 0.103. The van der Waals surface area contributed by atoms with Crippen molar-refractivity contribution in [2.24, 2.45) is 0 Å². The normalized spacial score (nSPS) is 10.8. The first-order valence-electron chi connectivity index (χ1n) is 9.61. The van der Waals surface area contributed by atoms with Crippen LogP contribution in [0.25, 0.3) is 20.8 Å². The molecule has 10 heteroatoms. The summed E-state index contributed by atoms with van der Waals surface area (Å²) in [6.45, 7) is 3.76. The van der Waals surface area contributed by atoms with Crippen LogP contribution in [0.5, 0.6) is 0 Å². The Hall–Kier alpha value is -3.63. The fraction of sp³-hybridized carbons (Fsp3) is 0.136. The first-order chi connectivity index (χ1) is 15.4. The van der Waals surface area contributed by atoms with Gasteiger partial charge < -0.3 is 10.1 Å². The van der Waals surface area contributed by atoms with Gasteiger partial charge in [0.05, 0.1) is 21.7 Å². The van der Waals surface area contributed by atoms with Crippen molar-refractivity contribution in [2.75, 3.05) is 11.9 Å². The van der Waals surface area contributed by atoms with Gasteiger partial charge in [0.1, 0.15) is 14.9 Å². The van der Waals surface area contributed by atoms with Crippen LogP contribution in [0.1, 0.15) is 32.5 Å². The van der Waals surface area contributed by atoms with E-state index in [1.807, 2.05) is 24.3 Å². The Balaban J connectivity index is 1.76. The van der Waals surface area contributed by atoms with Crippen molar-refractivity contribution < 1.29 is 19.2 Å². The van der Waals surface area contributed by atoms with Crippen molar-refractivity contribution in [3.63, 3.8) is 0 Å². The molecule has 0 saturated heterocycles. The number of ether oxygens (including phenoxy) is 1. The molecule has 32 heavy (non-hydrogen) atoms. The number of non-ortho nitro benzene ring substituents is 1. The molecule has 2 aromatic heterocycles. The van der Waals surface area contributed by atoms with E-state index in [-0.39, 0.29) is 17.9 Å². The van der Waals surface area contributed by atoms with E-state index in [1.54, 1.807) is 13.8 Å². The molecule has 0 aliphatic carbocycles. The number of nitrogens with one attached hydrogen (secondary N) is 1. The number of anilines is 1. The molecule has 0 aliphatic heterocycles. The average molecular weight is 468 g/mol. The van der Waals surface area contributed by atoms with Crippen molar-refractivity contribution in [1.82, 2.24) is 4.98 Å². The molecule has 0 fully saturated rings. The van der Waals surface area contributed by atoms with Crippen LogP contribution in [0, 0.1) is 17.0 Å². The van der Waals surface area contributed by atoms with E-state index in [4.69, 9.17) is 4.74 Å². The van der Waals surface area contributed by atoms with Crippen LogP contribution in [-0.2, 0) is 4.74 Å². The van der Waals surface area contributed by atoms with Crippen LogP contribution in [0.3, 0.4) is 0 Å². The number of fused-ring (bicyclic) bond motifs is 1. The molecule has 1 amide bonds. The average Bonchev–Trinajstić information content (AvgIpc) is 3.34. The number of esters is 1. The summed E-state index contributed by atoms with van der Waals surface area (Å²) in [6, 6.07) is 13.0. The summed E-state index contributed by atoms with van der Waals surface area (Å²) in [5.74, 6) is -0.910. The molecule has 0 saturated carbocycles. The van der Waals surface area contributed by atoms with Crippen molar-refractivity contribution in [3.05, 3.63) is 74.6 Å². The zero-order valence-corrected chi connectivity index (χ0v) is 18.7. The Bertz CT molecular complexity index is 1310. The molecular weight excluding hydrogens is 450 g/mol. The monoisotopic (exact) mass is 467 g/mol. The van der Waals surface area contributed by atoms with Gasteiger partial charge in [0.25, 0.3) is 11.6 Å². The molecule has 162 valence electrons. The van der Waals surface area contributed by atoms with Gasteiger partial charge in [-0.25, -0.2) is 9.78 Å². The molecule has 4 aromatic rings. The summed E-state index contributed by atoms with van der Waals surface area (Å²) in [7, 11) is 0. The van der Waals surface area contributed by atoms with Crippen LogP contribution < -0.4 is 5.32 Å². The maximum atomic E-state index is 12.9. The van der Waals surface area contributed by atoms with Crippen LogP contribution in [0.2, 0.25) is 0 Å². The van der Waals surface area contributed by atoms with E-state index in [1.165, 1.54) is 35.6 Å². The zero-order chi connectivity index (χ0) is 22.8. The third kappa shape index (κ3) is 4.10. The number of carbonyl (C=O) groups is 2. The second-order valence-corrected chi connectivity index (χ2v) is 8.78. The van der Waals surface area contributed by atoms with Gasteiger partial charge in [0.15, 0.2) is 0 Å². The first-order valence-corrected chi connectivity index (χ1v) is 11.2. The van der Waals surface area contributed by atoms with Crippen LogP contribution in [0.4, 0.5) is 10.7 Å². The number of benzene rings is 2. The van der Waals surface area contributed by atoms with Crippen LogP contribution >= 0.6 is 22.7 Å². The lowest BCUT2D eigenvalue weighted by atomic mass is 10.1. The fourth-order valence-electron chi connectivity index (χ4n) is 3.14. The summed E-state index contributed by atoms with van der Waals surface area (Å²) in [4.78, 5) is 40.8. The second kappa shape index (κ2) is 8.85. The molecule has 0 unspecified atom stereocenters. The Morgan fingerprint density at radius 3 is 2.50 bits per heavy atom. The summed E-state index contributed by atoms with van der Waals surface area (Å²) in [5.41, 5.74) is 2.31. The second-order valence-electron chi connectivity index (χ2n) is 6.73. The van der Waals surface area contributed by atoms with Crippen LogP contribution in [-0.4, -0.2) is 28.4 Å². The molecule has 0 aliphatic rings. The molecule has 8 nitrogen and oxygen atoms in total. The SMILES string of the molecule is CCOC(=O)c1sc(NC(=O)c2ccc([N+](=O)[O-])cc2)c(-c2nc3ccccc3s2)c1C.